The number of hydrogen-bond acceptors (Lipinski definition) is 4. The van der Waals surface area contributed by atoms with Crippen molar-refractivity contribution < 1.29 is 13.9 Å². The second-order valence-electron chi connectivity index (χ2n) is 5.24. The molecule has 0 saturated carbocycles. The molecule has 3 rings (SSSR count). The molecule has 0 bridgehead atoms. The lowest BCUT2D eigenvalue weighted by Gasteiger charge is -2.32. The second-order valence-corrected chi connectivity index (χ2v) is 6.65. The van der Waals surface area contributed by atoms with Gasteiger partial charge in [0.15, 0.2) is 0 Å². The Bertz CT molecular complexity index is 688. The van der Waals surface area contributed by atoms with Crippen molar-refractivity contribution in [1.82, 2.24) is 14.8 Å². The van der Waals surface area contributed by atoms with Crippen molar-refractivity contribution in [2.75, 3.05) is 18.0 Å². The molecule has 0 radical (unpaired) electrons. The van der Waals surface area contributed by atoms with Crippen LogP contribution in [-0.4, -0.2) is 45.5 Å². The summed E-state index contributed by atoms with van der Waals surface area (Å²) in [6, 6.07) is 1.68. The van der Waals surface area contributed by atoms with E-state index in [0.29, 0.717) is 45.8 Å². The molecule has 1 N–H and O–H groups in total. The van der Waals surface area contributed by atoms with Gasteiger partial charge in [-0.3, -0.25) is 4.68 Å². The van der Waals surface area contributed by atoms with E-state index in [-0.39, 0.29) is 6.10 Å². The third-order valence-corrected chi connectivity index (χ3v) is 4.64. The van der Waals surface area contributed by atoms with E-state index in [1.807, 2.05) is 27.5 Å². The van der Waals surface area contributed by atoms with Crippen molar-refractivity contribution in [1.29, 1.82) is 0 Å². The molecule has 9 heteroatoms. The number of pyridine rings is 1. The summed E-state index contributed by atoms with van der Waals surface area (Å²) >= 11 is 8.06. The summed E-state index contributed by atoms with van der Waals surface area (Å²) in [5.74, 6) is 0. The van der Waals surface area contributed by atoms with Crippen LogP contribution in [0.15, 0.2) is 6.07 Å². The summed E-state index contributed by atoms with van der Waals surface area (Å²) in [4.78, 5) is 6.27. The van der Waals surface area contributed by atoms with Crippen molar-refractivity contribution in [3.8, 4) is 0 Å². The maximum absolute atomic E-state index is 12.8. The Morgan fingerprint density at radius 2 is 2.09 bits per heavy atom. The van der Waals surface area contributed by atoms with Gasteiger partial charge in [-0.2, -0.15) is 5.10 Å². The highest BCUT2D eigenvalue weighted by Crippen LogP contribution is 2.33. The molecule has 0 unspecified atom stereocenters. The summed E-state index contributed by atoms with van der Waals surface area (Å²) in [6.07, 6.45) is -1.52. The largest absolute Gasteiger partial charge is 0.393 e. The predicted octanol–water partition coefficient (Wildman–Crippen LogP) is 2.92. The predicted molar refractivity (Wildman–Crippen MR) is 88.7 cm³/mol. The van der Waals surface area contributed by atoms with Crippen molar-refractivity contribution in [2.24, 2.45) is 0 Å². The zero-order valence-corrected chi connectivity index (χ0v) is 14.4. The molecule has 1 aliphatic rings. The maximum atomic E-state index is 12.8. The Labute approximate surface area is 144 Å². The van der Waals surface area contributed by atoms with E-state index in [1.165, 1.54) is 4.68 Å². The first kappa shape index (κ1) is 16.1. The fourth-order valence-corrected chi connectivity index (χ4v) is 3.53. The molecular formula is C13H14ClF2IN4O. The van der Waals surface area contributed by atoms with Gasteiger partial charge in [-0.05, 0) is 35.4 Å². The second kappa shape index (κ2) is 6.40. The monoisotopic (exact) mass is 442 g/mol. The van der Waals surface area contributed by atoms with Gasteiger partial charge in [0.2, 0.25) is 0 Å². The fraction of sp³-hybridized carbons (Fsp3) is 0.538. The summed E-state index contributed by atoms with van der Waals surface area (Å²) in [7, 11) is 0. The Kier molecular flexibility index (Phi) is 4.69. The number of aromatic nitrogens is 3. The Morgan fingerprint density at radius 3 is 2.73 bits per heavy atom. The van der Waals surface area contributed by atoms with E-state index in [2.05, 4.69) is 10.1 Å². The number of fused-ring (bicyclic) bond motifs is 1. The van der Waals surface area contributed by atoms with Crippen LogP contribution in [0.5, 0.6) is 0 Å². The van der Waals surface area contributed by atoms with E-state index < -0.39 is 13.0 Å². The Hall–Kier alpha value is -0.740. The van der Waals surface area contributed by atoms with Crippen molar-refractivity contribution in [2.45, 2.75) is 31.9 Å². The van der Waals surface area contributed by atoms with E-state index in [4.69, 9.17) is 11.6 Å². The molecule has 2 aromatic heterocycles. The molecule has 1 aliphatic heterocycles. The van der Waals surface area contributed by atoms with Crippen LogP contribution in [0.2, 0.25) is 5.15 Å². The molecule has 0 atom stereocenters. The zero-order chi connectivity index (χ0) is 15.9. The lowest BCUT2D eigenvalue weighted by Crippen LogP contribution is -2.36. The van der Waals surface area contributed by atoms with E-state index in [1.54, 1.807) is 6.07 Å². The van der Waals surface area contributed by atoms with Gasteiger partial charge >= 0.3 is 0 Å². The topological polar surface area (TPSA) is 54.2 Å². The molecule has 1 saturated heterocycles. The van der Waals surface area contributed by atoms with Crippen LogP contribution in [0, 0.1) is 3.70 Å². The molecule has 0 amide bonds. The fourth-order valence-electron chi connectivity index (χ4n) is 2.71. The van der Waals surface area contributed by atoms with Crippen LogP contribution in [-0.2, 0) is 6.54 Å². The first-order chi connectivity index (χ1) is 10.5. The van der Waals surface area contributed by atoms with E-state index in [9.17, 15) is 13.9 Å². The average Bonchev–Trinajstić information content (AvgIpc) is 2.74. The van der Waals surface area contributed by atoms with Crippen LogP contribution in [0.4, 0.5) is 14.5 Å². The van der Waals surface area contributed by atoms with Gasteiger partial charge in [0.25, 0.3) is 6.43 Å². The molecule has 5 nitrogen and oxygen atoms in total. The smallest absolute Gasteiger partial charge is 0.257 e. The number of anilines is 1. The van der Waals surface area contributed by atoms with Gasteiger partial charge in [-0.1, -0.05) is 11.6 Å². The number of alkyl halides is 2. The van der Waals surface area contributed by atoms with Crippen LogP contribution in [0.3, 0.4) is 0 Å². The minimum Gasteiger partial charge on any atom is -0.393 e. The molecular weight excluding hydrogens is 429 g/mol. The summed E-state index contributed by atoms with van der Waals surface area (Å²) in [6.45, 7) is 0.812. The standard InChI is InChI=1S/C13H14ClF2IN4O/c14-9-5-8(20-3-1-7(22)2-4-20)12-11(18-9)13(17)19-21(12)6-10(15)16/h5,7,10,22H,1-4,6H2. The molecule has 3 heterocycles. The van der Waals surface area contributed by atoms with Gasteiger partial charge in [0, 0.05) is 19.2 Å². The van der Waals surface area contributed by atoms with E-state index >= 15 is 0 Å². The van der Waals surface area contributed by atoms with Crippen molar-refractivity contribution >= 4 is 50.9 Å². The van der Waals surface area contributed by atoms with Crippen LogP contribution in [0.25, 0.3) is 11.0 Å². The number of piperidine rings is 1. The van der Waals surface area contributed by atoms with Gasteiger partial charge < -0.3 is 10.0 Å². The van der Waals surface area contributed by atoms with Gasteiger partial charge in [0.1, 0.15) is 26.4 Å². The highest BCUT2D eigenvalue weighted by Gasteiger charge is 2.24. The first-order valence-electron chi connectivity index (χ1n) is 6.89. The number of hydrogen-bond donors (Lipinski definition) is 1. The van der Waals surface area contributed by atoms with Crippen molar-refractivity contribution in [3.63, 3.8) is 0 Å². The third-order valence-electron chi connectivity index (χ3n) is 3.72. The summed E-state index contributed by atoms with van der Waals surface area (Å²) in [5.41, 5.74) is 1.86. The molecule has 0 aliphatic carbocycles. The van der Waals surface area contributed by atoms with Crippen LogP contribution in [0.1, 0.15) is 12.8 Å². The Balaban J connectivity index is 2.11. The summed E-state index contributed by atoms with van der Waals surface area (Å²) < 4.78 is 27.5. The third kappa shape index (κ3) is 3.13. The quantitative estimate of drug-likeness (QED) is 0.587. The average molecular weight is 443 g/mol. The molecule has 22 heavy (non-hydrogen) atoms. The van der Waals surface area contributed by atoms with Crippen molar-refractivity contribution in [3.05, 3.63) is 14.9 Å². The van der Waals surface area contributed by atoms with Crippen LogP contribution >= 0.6 is 34.2 Å². The van der Waals surface area contributed by atoms with Gasteiger partial charge in [-0.15, -0.1) is 0 Å². The van der Waals surface area contributed by atoms with E-state index in [0.717, 1.165) is 5.69 Å². The number of aliphatic hydroxyl groups is 1. The summed E-state index contributed by atoms with van der Waals surface area (Å²) in [5, 5.41) is 14.1. The number of nitrogens with zero attached hydrogens (tertiary/aromatic N) is 4. The number of aliphatic hydroxyl groups excluding tert-OH is 1. The number of halogens is 4. The first-order valence-corrected chi connectivity index (χ1v) is 8.35. The van der Waals surface area contributed by atoms with Crippen LogP contribution < -0.4 is 4.90 Å². The zero-order valence-electron chi connectivity index (χ0n) is 11.5. The minimum absolute atomic E-state index is 0.308. The SMILES string of the molecule is OC1CCN(c2cc(Cl)nc3c(I)nn(CC(F)F)c23)CC1. The molecule has 1 fully saturated rings. The highest BCUT2D eigenvalue weighted by molar-refractivity contribution is 14.1. The Morgan fingerprint density at radius 1 is 1.41 bits per heavy atom. The lowest BCUT2D eigenvalue weighted by molar-refractivity contribution is 0.123. The highest BCUT2D eigenvalue weighted by atomic mass is 127. The van der Waals surface area contributed by atoms with Gasteiger partial charge in [-0.25, -0.2) is 13.8 Å². The van der Waals surface area contributed by atoms with Gasteiger partial charge in [0.05, 0.1) is 11.8 Å². The molecule has 0 aromatic carbocycles. The number of rotatable bonds is 3. The maximum Gasteiger partial charge on any atom is 0.257 e. The molecule has 0 spiro atoms. The minimum atomic E-state index is -2.49. The normalized spacial score (nSPS) is 16.9. The molecule has 2 aromatic rings. The molecule has 120 valence electrons. The lowest BCUT2D eigenvalue weighted by atomic mass is 10.1.